The number of hydrogen-bond acceptors (Lipinski definition) is 9. The Morgan fingerprint density at radius 2 is 1.42 bits per heavy atom. The number of anilines is 4. The quantitative estimate of drug-likeness (QED) is 0.282. The molecule has 0 atom stereocenters. The molecule has 0 unspecified atom stereocenters. The molecule has 0 bridgehead atoms. The predicted octanol–water partition coefficient (Wildman–Crippen LogP) is 4.80. The van der Waals surface area contributed by atoms with Gasteiger partial charge in [-0.2, -0.15) is 4.31 Å². The van der Waals surface area contributed by atoms with Crippen LogP contribution in [0.3, 0.4) is 0 Å². The summed E-state index contributed by atoms with van der Waals surface area (Å²) in [6.07, 6.45) is -3.80. The number of sulfonamides is 1. The molecule has 0 aliphatic carbocycles. The summed E-state index contributed by atoms with van der Waals surface area (Å²) in [6.45, 7) is 4.06. The third-order valence-electron chi connectivity index (χ3n) is 4.82. The summed E-state index contributed by atoms with van der Waals surface area (Å²) in [6, 6.07) is 10.2. The van der Waals surface area contributed by atoms with E-state index in [1.54, 1.807) is 13.8 Å². The third kappa shape index (κ3) is 6.37. The Labute approximate surface area is 204 Å². The van der Waals surface area contributed by atoms with Crippen LogP contribution in [0.4, 0.5) is 41.9 Å². The SMILES string of the molecule is CCN(CC)S(=O)(=O)c1ccc(Nc2ncnc(Nc3ccc(OC(F)(F)F)cc3)c2[N+](=O)[O-])cc1. The summed E-state index contributed by atoms with van der Waals surface area (Å²) >= 11 is 0. The minimum absolute atomic E-state index is 0.0641. The number of nitro groups is 1. The molecule has 0 saturated heterocycles. The number of benzene rings is 2. The first-order valence-corrected chi connectivity index (χ1v) is 11.9. The van der Waals surface area contributed by atoms with E-state index in [9.17, 15) is 31.7 Å². The summed E-state index contributed by atoms with van der Waals surface area (Å²) in [4.78, 5) is 18.9. The van der Waals surface area contributed by atoms with Crippen LogP contribution in [-0.4, -0.2) is 47.1 Å². The maximum Gasteiger partial charge on any atom is 0.573 e. The summed E-state index contributed by atoms with van der Waals surface area (Å²) in [5.41, 5.74) is 0.00564. The molecule has 0 fully saturated rings. The molecule has 0 aliphatic heterocycles. The Morgan fingerprint density at radius 3 is 1.83 bits per heavy atom. The van der Waals surface area contributed by atoms with E-state index >= 15 is 0 Å². The molecule has 1 heterocycles. The van der Waals surface area contributed by atoms with Crippen LogP contribution in [0, 0.1) is 10.1 Å². The zero-order valence-electron chi connectivity index (χ0n) is 19.0. The van der Waals surface area contributed by atoms with Crippen molar-refractivity contribution in [3.8, 4) is 5.75 Å². The molecular formula is C21H21F3N6O5S. The monoisotopic (exact) mass is 526 g/mol. The Hall–Kier alpha value is -3.98. The van der Waals surface area contributed by atoms with Gasteiger partial charge in [0.05, 0.1) is 9.82 Å². The number of ether oxygens (including phenoxy) is 1. The molecular weight excluding hydrogens is 505 g/mol. The maximum absolute atomic E-state index is 12.6. The number of rotatable bonds is 10. The van der Waals surface area contributed by atoms with Crippen molar-refractivity contribution in [1.29, 1.82) is 0 Å². The van der Waals surface area contributed by atoms with Crippen LogP contribution in [0.1, 0.15) is 13.8 Å². The Bertz CT molecular complexity index is 1320. The van der Waals surface area contributed by atoms with Gasteiger partial charge in [0.2, 0.25) is 21.7 Å². The van der Waals surface area contributed by atoms with Crippen molar-refractivity contribution in [2.75, 3.05) is 23.7 Å². The van der Waals surface area contributed by atoms with Crippen molar-refractivity contribution in [1.82, 2.24) is 14.3 Å². The Kier molecular flexibility index (Phi) is 7.94. The molecule has 192 valence electrons. The minimum atomic E-state index is -4.85. The molecule has 0 aliphatic rings. The Balaban J connectivity index is 1.84. The van der Waals surface area contributed by atoms with E-state index in [1.807, 2.05) is 0 Å². The second-order valence-electron chi connectivity index (χ2n) is 7.11. The average molecular weight is 526 g/mol. The van der Waals surface area contributed by atoms with Gasteiger partial charge in [-0.1, -0.05) is 13.8 Å². The minimum Gasteiger partial charge on any atom is -0.406 e. The van der Waals surface area contributed by atoms with Crippen LogP contribution < -0.4 is 15.4 Å². The fourth-order valence-corrected chi connectivity index (χ4v) is 4.63. The van der Waals surface area contributed by atoms with Crippen molar-refractivity contribution in [2.24, 2.45) is 0 Å². The van der Waals surface area contributed by atoms with Crippen LogP contribution in [-0.2, 0) is 10.0 Å². The Morgan fingerprint density at radius 1 is 0.944 bits per heavy atom. The highest BCUT2D eigenvalue weighted by atomic mass is 32.2. The normalized spacial score (nSPS) is 11.8. The molecule has 15 heteroatoms. The van der Waals surface area contributed by atoms with Gasteiger partial charge < -0.3 is 15.4 Å². The van der Waals surface area contributed by atoms with E-state index in [0.717, 1.165) is 18.5 Å². The van der Waals surface area contributed by atoms with Crippen molar-refractivity contribution in [3.63, 3.8) is 0 Å². The third-order valence-corrected chi connectivity index (χ3v) is 6.88. The highest BCUT2D eigenvalue weighted by molar-refractivity contribution is 7.89. The fourth-order valence-electron chi connectivity index (χ4n) is 3.17. The highest BCUT2D eigenvalue weighted by Gasteiger charge is 2.31. The lowest BCUT2D eigenvalue weighted by molar-refractivity contribution is -0.383. The first-order chi connectivity index (χ1) is 16.9. The van der Waals surface area contributed by atoms with E-state index in [1.165, 1.54) is 40.7 Å². The van der Waals surface area contributed by atoms with Gasteiger partial charge in [0, 0.05) is 24.5 Å². The van der Waals surface area contributed by atoms with Crippen LogP contribution in [0.5, 0.6) is 5.75 Å². The van der Waals surface area contributed by atoms with E-state index in [2.05, 4.69) is 25.3 Å². The number of nitrogens with one attached hydrogen (secondary N) is 2. The second kappa shape index (κ2) is 10.7. The predicted molar refractivity (Wildman–Crippen MR) is 125 cm³/mol. The van der Waals surface area contributed by atoms with Gasteiger partial charge in [0.25, 0.3) is 0 Å². The van der Waals surface area contributed by atoms with Crippen LogP contribution >= 0.6 is 0 Å². The molecule has 36 heavy (non-hydrogen) atoms. The van der Waals surface area contributed by atoms with E-state index in [4.69, 9.17) is 0 Å². The van der Waals surface area contributed by atoms with Crippen LogP contribution in [0.25, 0.3) is 0 Å². The molecule has 3 aromatic rings. The van der Waals surface area contributed by atoms with Crippen LogP contribution in [0.2, 0.25) is 0 Å². The zero-order chi connectivity index (χ0) is 26.5. The number of halogens is 3. The molecule has 0 radical (unpaired) electrons. The lowest BCUT2D eigenvalue weighted by Gasteiger charge is -2.18. The molecule has 11 nitrogen and oxygen atoms in total. The first-order valence-electron chi connectivity index (χ1n) is 10.4. The lowest BCUT2D eigenvalue weighted by Crippen LogP contribution is -2.30. The van der Waals surface area contributed by atoms with Gasteiger partial charge in [0.1, 0.15) is 12.1 Å². The maximum atomic E-state index is 12.6. The van der Waals surface area contributed by atoms with Crippen molar-refractivity contribution < 1.29 is 31.2 Å². The summed E-state index contributed by atoms with van der Waals surface area (Å²) in [5, 5.41) is 17.2. The van der Waals surface area contributed by atoms with Crippen LogP contribution in [0.15, 0.2) is 59.8 Å². The summed E-state index contributed by atoms with van der Waals surface area (Å²) in [7, 11) is -3.68. The number of nitrogens with zero attached hydrogens (tertiary/aromatic N) is 4. The molecule has 2 N–H and O–H groups in total. The standard InChI is InChI=1S/C21H21F3N6O5S/c1-3-29(4-2)36(33,34)17-11-7-15(8-12-17)28-20-18(30(31)32)19(25-13-26-20)27-14-5-9-16(10-6-14)35-21(22,23)24/h5-13H,3-4H2,1-2H3,(H2,25,26,27,28). The summed E-state index contributed by atoms with van der Waals surface area (Å²) < 4.78 is 67.4. The van der Waals surface area contributed by atoms with Gasteiger partial charge in [-0.3, -0.25) is 10.1 Å². The molecule has 1 aromatic heterocycles. The summed E-state index contributed by atoms with van der Waals surface area (Å²) in [5.74, 6) is -0.865. The smallest absolute Gasteiger partial charge is 0.406 e. The van der Waals surface area contributed by atoms with Gasteiger partial charge in [0.15, 0.2) is 0 Å². The lowest BCUT2D eigenvalue weighted by atomic mass is 10.3. The highest BCUT2D eigenvalue weighted by Crippen LogP contribution is 2.34. The van der Waals surface area contributed by atoms with E-state index in [0.29, 0.717) is 18.8 Å². The molecule has 0 amide bonds. The number of alkyl halides is 3. The van der Waals surface area contributed by atoms with Crippen molar-refractivity contribution in [2.45, 2.75) is 25.1 Å². The fraction of sp³-hybridized carbons (Fsp3) is 0.238. The largest absolute Gasteiger partial charge is 0.573 e. The van der Waals surface area contributed by atoms with Gasteiger partial charge in [-0.25, -0.2) is 18.4 Å². The second-order valence-corrected chi connectivity index (χ2v) is 9.05. The molecule has 0 saturated carbocycles. The average Bonchev–Trinajstić information content (AvgIpc) is 2.80. The topological polar surface area (TPSA) is 140 Å². The van der Waals surface area contributed by atoms with Gasteiger partial charge >= 0.3 is 12.0 Å². The van der Waals surface area contributed by atoms with E-state index in [-0.39, 0.29) is 22.2 Å². The van der Waals surface area contributed by atoms with Gasteiger partial charge in [-0.15, -0.1) is 13.2 Å². The van der Waals surface area contributed by atoms with Gasteiger partial charge in [-0.05, 0) is 48.5 Å². The van der Waals surface area contributed by atoms with Crippen molar-refractivity contribution in [3.05, 3.63) is 65.0 Å². The van der Waals surface area contributed by atoms with Crippen molar-refractivity contribution >= 4 is 38.7 Å². The molecule has 2 aromatic carbocycles. The molecule has 0 spiro atoms. The molecule has 3 rings (SSSR count). The number of aromatic nitrogens is 2. The number of hydrogen-bond donors (Lipinski definition) is 2. The zero-order valence-corrected chi connectivity index (χ0v) is 19.8. The first kappa shape index (κ1) is 26.6. The van der Waals surface area contributed by atoms with E-state index < -0.39 is 32.7 Å².